The standard InChI is InChI=1S/C14H10Cl2N2O2/c1-7-9(4-5-19-7)13-12(14(17)20-18-13)10-3-2-8(15)6-11(10)16/h2-6H,17H2,1H3. The van der Waals surface area contributed by atoms with Crippen molar-refractivity contribution < 1.29 is 8.94 Å². The van der Waals surface area contributed by atoms with E-state index in [9.17, 15) is 0 Å². The number of aromatic nitrogens is 1. The summed E-state index contributed by atoms with van der Waals surface area (Å²) in [5, 5.41) is 5.04. The van der Waals surface area contributed by atoms with Crippen molar-refractivity contribution in [2.75, 3.05) is 5.73 Å². The summed E-state index contributed by atoms with van der Waals surface area (Å²) in [5.41, 5.74) is 8.64. The molecule has 4 nitrogen and oxygen atoms in total. The van der Waals surface area contributed by atoms with Gasteiger partial charge in [-0.1, -0.05) is 34.4 Å². The van der Waals surface area contributed by atoms with Gasteiger partial charge < -0.3 is 14.7 Å². The first-order chi connectivity index (χ1) is 9.58. The van der Waals surface area contributed by atoms with Crippen molar-refractivity contribution in [3.8, 4) is 22.4 Å². The first-order valence-corrected chi connectivity index (χ1v) is 6.58. The Labute approximate surface area is 125 Å². The van der Waals surface area contributed by atoms with Crippen molar-refractivity contribution in [2.45, 2.75) is 6.92 Å². The first kappa shape index (κ1) is 13.1. The average molecular weight is 309 g/mol. The van der Waals surface area contributed by atoms with Crippen LogP contribution in [0.4, 0.5) is 5.88 Å². The Morgan fingerprint density at radius 1 is 1.15 bits per heavy atom. The number of nitrogens with zero attached hydrogens (tertiary/aromatic N) is 1. The van der Waals surface area contributed by atoms with E-state index >= 15 is 0 Å². The molecule has 6 heteroatoms. The molecule has 0 aliphatic rings. The van der Waals surface area contributed by atoms with Crippen LogP contribution in [0.2, 0.25) is 10.0 Å². The molecule has 2 aromatic heterocycles. The van der Waals surface area contributed by atoms with Gasteiger partial charge in [-0.15, -0.1) is 0 Å². The molecule has 0 atom stereocenters. The van der Waals surface area contributed by atoms with Crippen LogP contribution in [0.3, 0.4) is 0 Å². The molecule has 0 saturated heterocycles. The number of hydrogen-bond donors (Lipinski definition) is 1. The molecule has 3 aromatic rings. The molecule has 3 rings (SSSR count). The van der Waals surface area contributed by atoms with Gasteiger partial charge in [-0.25, -0.2) is 0 Å². The second-order valence-corrected chi connectivity index (χ2v) is 5.13. The number of anilines is 1. The maximum Gasteiger partial charge on any atom is 0.230 e. The number of aryl methyl sites for hydroxylation is 1. The molecule has 0 unspecified atom stereocenters. The predicted octanol–water partition coefficient (Wildman–Crippen LogP) is 4.80. The Balaban J connectivity index is 2.24. The average Bonchev–Trinajstić information content (AvgIpc) is 2.96. The van der Waals surface area contributed by atoms with Crippen LogP contribution in [0, 0.1) is 6.92 Å². The number of nitrogen functional groups attached to an aromatic ring is 1. The molecule has 1 aromatic carbocycles. The summed E-state index contributed by atoms with van der Waals surface area (Å²) in [6.45, 7) is 1.84. The molecule has 0 radical (unpaired) electrons. The first-order valence-electron chi connectivity index (χ1n) is 5.83. The number of benzene rings is 1. The maximum absolute atomic E-state index is 6.23. The molecule has 0 amide bonds. The van der Waals surface area contributed by atoms with Gasteiger partial charge in [0.25, 0.3) is 0 Å². The number of rotatable bonds is 2. The van der Waals surface area contributed by atoms with Gasteiger partial charge in [-0.05, 0) is 25.1 Å². The van der Waals surface area contributed by atoms with Gasteiger partial charge in [0.2, 0.25) is 5.88 Å². The normalized spacial score (nSPS) is 10.9. The van der Waals surface area contributed by atoms with E-state index in [1.54, 1.807) is 30.5 Å². The molecule has 20 heavy (non-hydrogen) atoms. The van der Waals surface area contributed by atoms with Gasteiger partial charge in [0.1, 0.15) is 11.5 Å². The second kappa shape index (κ2) is 4.89. The smallest absolute Gasteiger partial charge is 0.230 e. The van der Waals surface area contributed by atoms with Crippen LogP contribution in [-0.2, 0) is 0 Å². The summed E-state index contributed by atoms with van der Waals surface area (Å²) in [5.74, 6) is 0.925. The van der Waals surface area contributed by atoms with Crippen LogP contribution < -0.4 is 5.73 Å². The highest BCUT2D eigenvalue weighted by molar-refractivity contribution is 6.36. The number of halogens is 2. The molecule has 0 bridgehead atoms. The summed E-state index contributed by atoms with van der Waals surface area (Å²) < 4.78 is 10.4. The summed E-state index contributed by atoms with van der Waals surface area (Å²) in [6.07, 6.45) is 1.59. The van der Waals surface area contributed by atoms with E-state index < -0.39 is 0 Å². The number of hydrogen-bond acceptors (Lipinski definition) is 4. The van der Waals surface area contributed by atoms with Crippen molar-refractivity contribution in [2.24, 2.45) is 0 Å². The van der Waals surface area contributed by atoms with E-state index in [1.165, 1.54) is 0 Å². The predicted molar refractivity (Wildman–Crippen MR) is 78.8 cm³/mol. The Hall–Kier alpha value is -1.91. The minimum absolute atomic E-state index is 0.199. The topological polar surface area (TPSA) is 65.2 Å². The molecule has 0 spiro atoms. The third-order valence-corrected chi connectivity index (χ3v) is 3.58. The van der Waals surface area contributed by atoms with Crippen LogP contribution in [0.5, 0.6) is 0 Å². The van der Waals surface area contributed by atoms with Gasteiger partial charge in [0, 0.05) is 16.1 Å². The molecule has 102 valence electrons. The highest BCUT2D eigenvalue weighted by Gasteiger charge is 2.21. The lowest BCUT2D eigenvalue weighted by Gasteiger charge is -2.05. The molecule has 0 aliphatic carbocycles. The van der Waals surface area contributed by atoms with Gasteiger partial charge in [0.15, 0.2) is 0 Å². The van der Waals surface area contributed by atoms with Crippen molar-refractivity contribution in [1.29, 1.82) is 0 Å². The Morgan fingerprint density at radius 2 is 1.95 bits per heavy atom. The SMILES string of the molecule is Cc1occc1-c1noc(N)c1-c1ccc(Cl)cc1Cl. The van der Waals surface area contributed by atoms with E-state index in [0.717, 1.165) is 11.3 Å². The molecule has 0 aliphatic heterocycles. The van der Waals surface area contributed by atoms with Crippen LogP contribution >= 0.6 is 23.2 Å². The summed E-state index contributed by atoms with van der Waals surface area (Å²) in [6, 6.07) is 6.98. The van der Waals surface area contributed by atoms with Crippen molar-refractivity contribution >= 4 is 29.1 Å². The largest absolute Gasteiger partial charge is 0.469 e. The summed E-state index contributed by atoms with van der Waals surface area (Å²) in [7, 11) is 0. The quantitative estimate of drug-likeness (QED) is 0.738. The third kappa shape index (κ3) is 2.07. The van der Waals surface area contributed by atoms with Crippen molar-refractivity contribution in [3.63, 3.8) is 0 Å². The maximum atomic E-state index is 6.23. The van der Waals surface area contributed by atoms with E-state index in [-0.39, 0.29) is 5.88 Å². The van der Waals surface area contributed by atoms with Crippen LogP contribution in [0.15, 0.2) is 39.5 Å². The lowest BCUT2D eigenvalue weighted by Crippen LogP contribution is -1.89. The molecule has 2 heterocycles. The molecule has 0 saturated carbocycles. The minimum Gasteiger partial charge on any atom is -0.469 e. The van der Waals surface area contributed by atoms with Crippen LogP contribution in [0.1, 0.15) is 5.76 Å². The third-order valence-electron chi connectivity index (χ3n) is 3.03. The fraction of sp³-hybridized carbons (Fsp3) is 0.0714. The van der Waals surface area contributed by atoms with Gasteiger partial charge in [-0.2, -0.15) is 0 Å². The Morgan fingerprint density at radius 3 is 2.60 bits per heavy atom. The van der Waals surface area contributed by atoms with E-state index in [4.69, 9.17) is 37.9 Å². The monoisotopic (exact) mass is 308 g/mol. The van der Waals surface area contributed by atoms with Crippen molar-refractivity contribution in [1.82, 2.24) is 5.16 Å². The number of nitrogens with two attached hydrogens (primary N) is 1. The van der Waals surface area contributed by atoms with Crippen LogP contribution in [0.25, 0.3) is 22.4 Å². The Bertz CT molecular complexity index is 777. The number of furan rings is 1. The van der Waals surface area contributed by atoms with Crippen molar-refractivity contribution in [3.05, 3.63) is 46.3 Å². The summed E-state index contributed by atoms with van der Waals surface area (Å²) in [4.78, 5) is 0. The fourth-order valence-corrected chi connectivity index (χ4v) is 2.57. The van der Waals surface area contributed by atoms with Gasteiger partial charge >= 0.3 is 0 Å². The van der Waals surface area contributed by atoms with E-state index in [1.807, 2.05) is 6.92 Å². The molecular weight excluding hydrogens is 299 g/mol. The Kier molecular flexibility index (Phi) is 3.20. The van der Waals surface area contributed by atoms with Gasteiger partial charge in [0.05, 0.1) is 16.8 Å². The van der Waals surface area contributed by atoms with Crippen LogP contribution in [-0.4, -0.2) is 5.16 Å². The second-order valence-electron chi connectivity index (χ2n) is 4.29. The fourth-order valence-electron chi connectivity index (χ4n) is 2.07. The molecule has 0 fully saturated rings. The zero-order valence-electron chi connectivity index (χ0n) is 10.5. The highest BCUT2D eigenvalue weighted by Crippen LogP contribution is 2.41. The lowest BCUT2D eigenvalue weighted by molar-refractivity contribution is 0.439. The summed E-state index contributed by atoms with van der Waals surface area (Å²) >= 11 is 12.1. The highest BCUT2D eigenvalue weighted by atomic mass is 35.5. The lowest BCUT2D eigenvalue weighted by atomic mass is 10.0. The van der Waals surface area contributed by atoms with E-state index in [0.29, 0.717) is 26.9 Å². The zero-order valence-corrected chi connectivity index (χ0v) is 12.0. The molecular formula is C14H10Cl2N2O2. The zero-order chi connectivity index (χ0) is 14.3. The van der Waals surface area contributed by atoms with Gasteiger partial charge in [-0.3, -0.25) is 0 Å². The van der Waals surface area contributed by atoms with E-state index in [2.05, 4.69) is 5.16 Å². The molecule has 2 N–H and O–H groups in total. The minimum atomic E-state index is 0.199.